The number of likely N-dealkylation sites (tertiary alicyclic amines) is 1. The maximum Gasteiger partial charge on any atom is 0.240 e. The van der Waals surface area contributed by atoms with Crippen molar-refractivity contribution in [3.63, 3.8) is 0 Å². The summed E-state index contributed by atoms with van der Waals surface area (Å²) in [5.74, 6) is -0.0727. The van der Waals surface area contributed by atoms with Crippen molar-refractivity contribution in [3.05, 3.63) is 0 Å². The van der Waals surface area contributed by atoms with Crippen LogP contribution in [0.25, 0.3) is 0 Å². The highest BCUT2D eigenvalue weighted by Crippen LogP contribution is 2.36. The standard InChI is InChI=1S/C17H34N2O3Si/c1-12-11-14(16(18)21)19(13(12)2)15(20)9-8-10-22-23(6,7)17(3,4)5/h12-14H,8-11H2,1-7H3,(H2,18,21)/t12-,13-,14?/m0/s1. The van der Waals surface area contributed by atoms with Crippen LogP contribution < -0.4 is 5.73 Å². The summed E-state index contributed by atoms with van der Waals surface area (Å²) in [5.41, 5.74) is 5.46. The van der Waals surface area contributed by atoms with E-state index in [9.17, 15) is 9.59 Å². The van der Waals surface area contributed by atoms with E-state index in [-0.39, 0.29) is 17.0 Å². The molecule has 0 aromatic rings. The van der Waals surface area contributed by atoms with Crippen LogP contribution in [0, 0.1) is 5.92 Å². The van der Waals surface area contributed by atoms with Gasteiger partial charge in [-0.1, -0.05) is 27.7 Å². The lowest BCUT2D eigenvalue weighted by Gasteiger charge is -2.36. The summed E-state index contributed by atoms with van der Waals surface area (Å²) in [6.45, 7) is 15.7. The Kier molecular flexibility index (Phi) is 6.44. The zero-order valence-corrected chi connectivity index (χ0v) is 16.8. The number of hydrogen-bond acceptors (Lipinski definition) is 3. The zero-order chi connectivity index (χ0) is 18.0. The Morgan fingerprint density at radius 2 is 1.83 bits per heavy atom. The Bertz CT molecular complexity index is 446. The van der Waals surface area contributed by atoms with E-state index >= 15 is 0 Å². The summed E-state index contributed by atoms with van der Waals surface area (Å²) in [5, 5.41) is 0.174. The van der Waals surface area contributed by atoms with Gasteiger partial charge in [0.15, 0.2) is 8.32 Å². The predicted octanol–water partition coefficient (Wildman–Crippen LogP) is 2.90. The Hall–Kier alpha value is -0.883. The van der Waals surface area contributed by atoms with Crippen molar-refractivity contribution in [2.24, 2.45) is 11.7 Å². The lowest BCUT2D eigenvalue weighted by Crippen LogP contribution is -2.47. The van der Waals surface area contributed by atoms with Crippen LogP contribution in [0.1, 0.15) is 53.9 Å². The van der Waals surface area contributed by atoms with E-state index in [2.05, 4.69) is 40.8 Å². The second kappa shape index (κ2) is 7.34. The first-order valence-electron chi connectivity index (χ1n) is 8.63. The minimum atomic E-state index is -1.76. The molecule has 1 aliphatic rings. The van der Waals surface area contributed by atoms with E-state index in [0.29, 0.717) is 31.8 Å². The lowest BCUT2D eigenvalue weighted by molar-refractivity contribution is -0.139. The van der Waals surface area contributed by atoms with Gasteiger partial charge in [-0.05, 0) is 43.8 Å². The smallest absolute Gasteiger partial charge is 0.240 e. The van der Waals surface area contributed by atoms with Crippen LogP contribution in [-0.4, -0.2) is 43.7 Å². The van der Waals surface area contributed by atoms with Crippen LogP contribution in [0.5, 0.6) is 0 Å². The monoisotopic (exact) mass is 342 g/mol. The molecule has 0 radical (unpaired) electrons. The van der Waals surface area contributed by atoms with Gasteiger partial charge in [-0.15, -0.1) is 0 Å². The molecule has 0 aromatic carbocycles. The van der Waals surface area contributed by atoms with Gasteiger partial charge in [0.1, 0.15) is 6.04 Å². The van der Waals surface area contributed by atoms with Gasteiger partial charge in [-0.25, -0.2) is 0 Å². The summed E-state index contributed by atoms with van der Waals surface area (Å²) in [4.78, 5) is 25.8. The average Bonchev–Trinajstić information content (AvgIpc) is 2.70. The van der Waals surface area contributed by atoms with E-state index < -0.39 is 20.3 Å². The SMILES string of the molecule is C[C@H]1CC(C(N)=O)N(C(=O)CCCO[Si](C)(C)C(C)(C)C)[C@H]1C. The molecule has 2 N–H and O–H groups in total. The number of nitrogens with zero attached hydrogens (tertiary/aromatic N) is 1. The van der Waals surface area contributed by atoms with Gasteiger partial charge in [0.25, 0.3) is 0 Å². The Balaban J connectivity index is 2.52. The van der Waals surface area contributed by atoms with E-state index in [0.717, 1.165) is 0 Å². The van der Waals surface area contributed by atoms with E-state index in [1.165, 1.54) is 0 Å². The highest BCUT2D eigenvalue weighted by atomic mass is 28.4. The second-order valence-electron chi connectivity index (χ2n) is 8.39. The van der Waals surface area contributed by atoms with E-state index in [1.807, 2.05) is 6.92 Å². The fourth-order valence-electron chi connectivity index (χ4n) is 2.77. The highest BCUT2D eigenvalue weighted by molar-refractivity contribution is 6.74. The van der Waals surface area contributed by atoms with E-state index in [1.54, 1.807) is 4.90 Å². The molecular formula is C17H34N2O3Si. The van der Waals surface area contributed by atoms with Gasteiger partial charge < -0.3 is 15.1 Å². The molecule has 1 aliphatic heterocycles. The van der Waals surface area contributed by atoms with Crippen molar-refractivity contribution in [1.82, 2.24) is 4.90 Å². The fourth-order valence-corrected chi connectivity index (χ4v) is 3.86. The topological polar surface area (TPSA) is 72.6 Å². The maximum atomic E-state index is 12.5. The molecule has 1 fully saturated rings. The molecule has 23 heavy (non-hydrogen) atoms. The van der Waals surface area contributed by atoms with Gasteiger partial charge in [-0.2, -0.15) is 0 Å². The molecule has 0 saturated carbocycles. The van der Waals surface area contributed by atoms with Crippen molar-refractivity contribution in [2.45, 2.75) is 84.1 Å². The van der Waals surface area contributed by atoms with Crippen LogP contribution in [0.15, 0.2) is 0 Å². The lowest BCUT2D eigenvalue weighted by atomic mass is 10.0. The second-order valence-corrected chi connectivity index (χ2v) is 13.2. The van der Waals surface area contributed by atoms with Crippen LogP contribution in [0.2, 0.25) is 18.1 Å². The minimum Gasteiger partial charge on any atom is -0.417 e. The van der Waals surface area contributed by atoms with Crippen molar-refractivity contribution < 1.29 is 14.0 Å². The molecule has 3 atom stereocenters. The molecule has 0 aromatic heterocycles. The fraction of sp³-hybridized carbons (Fsp3) is 0.882. The van der Waals surface area contributed by atoms with Gasteiger partial charge >= 0.3 is 0 Å². The predicted molar refractivity (Wildman–Crippen MR) is 95.5 cm³/mol. The molecule has 1 unspecified atom stereocenters. The molecule has 0 aliphatic carbocycles. The summed E-state index contributed by atoms with van der Waals surface area (Å²) in [7, 11) is -1.76. The van der Waals surface area contributed by atoms with Gasteiger partial charge in [-0.3, -0.25) is 9.59 Å². The molecule has 1 saturated heterocycles. The molecular weight excluding hydrogens is 308 g/mol. The maximum absolute atomic E-state index is 12.5. The highest BCUT2D eigenvalue weighted by Gasteiger charge is 2.41. The number of nitrogens with two attached hydrogens (primary N) is 1. The summed E-state index contributed by atoms with van der Waals surface area (Å²) in [6.07, 6.45) is 1.77. The molecule has 6 heteroatoms. The molecule has 0 bridgehead atoms. The summed E-state index contributed by atoms with van der Waals surface area (Å²) >= 11 is 0. The third-order valence-electron chi connectivity index (χ3n) is 5.61. The Morgan fingerprint density at radius 1 is 1.26 bits per heavy atom. The number of rotatable bonds is 6. The summed E-state index contributed by atoms with van der Waals surface area (Å²) < 4.78 is 6.11. The van der Waals surface area contributed by atoms with Crippen molar-refractivity contribution >= 4 is 20.1 Å². The molecule has 1 rings (SSSR count). The first kappa shape index (κ1) is 20.2. The van der Waals surface area contributed by atoms with Crippen LogP contribution in [0.4, 0.5) is 0 Å². The van der Waals surface area contributed by atoms with Gasteiger partial charge in [0.05, 0.1) is 0 Å². The van der Waals surface area contributed by atoms with Crippen LogP contribution in [-0.2, 0) is 14.0 Å². The van der Waals surface area contributed by atoms with Gasteiger partial charge in [0.2, 0.25) is 11.8 Å². The van der Waals surface area contributed by atoms with Crippen molar-refractivity contribution in [2.75, 3.05) is 6.61 Å². The Labute approximate surface area is 142 Å². The number of amides is 2. The minimum absolute atomic E-state index is 0.0180. The molecule has 0 spiro atoms. The number of hydrogen-bond donors (Lipinski definition) is 1. The first-order valence-corrected chi connectivity index (χ1v) is 11.5. The van der Waals surface area contributed by atoms with Crippen molar-refractivity contribution in [1.29, 1.82) is 0 Å². The Morgan fingerprint density at radius 3 is 2.30 bits per heavy atom. The van der Waals surface area contributed by atoms with Crippen LogP contribution in [0.3, 0.4) is 0 Å². The van der Waals surface area contributed by atoms with Crippen molar-refractivity contribution in [3.8, 4) is 0 Å². The third-order valence-corrected chi connectivity index (χ3v) is 10.2. The van der Waals surface area contributed by atoms with Gasteiger partial charge in [0, 0.05) is 19.1 Å². The van der Waals surface area contributed by atoms with Crippen LogP contribution >= 0.6 is 0 Å². The first-order chi connectivity index (χ1) is 10.4. The summed E-state index contributed by atoms with van der Waals surface area (Å²) in [6, 6.07) is -0.380. The van der Waals surface area contributed by atoms with E-state index in [4.69, 9.17) is 10.2 Å². The quantitative estimate of drug-likeness (QED) is 0.596. The molecule has 1 heterocycles. The molecule has 2 amide bonds. The normalized spacial score (nSPS) is 25.7. The third kappa shape index (κ3) is 4.80. The average molecular weight is 343 g/mol. The molecule has 134 valence electrons. The number of carbonyl (C=O) groups excluding carboxylic acids is 2. The zero-order valence-electron chi connectivity index (χ0n) is 15.8. The number of carbonyl (C=O) groups is 2. The number of primary amides is 1. The largest absolute Gasteiger partial charge is 0.417 e. The molecule has 5 nitrogen and oxygen atoms in total.